The fourth-order valence-electron chi connectivity index (χ4n) is 2.03. The van der Waals surface area contributed by atoms with E-state index in [9.17, 15) is 9.18 Å². The van der Waals surface area contributed by atoms with Crippen LogP contribution in [0.5, 0.6) is 0 Å². The maximum atomic E-state index is 13.0. The van der Waals surface area contributed by atoms with Gasteiger partial charge in [0, 0.05) is 17.1 Å². The Hall–Kier alpha value is -1.87. The van der Waals surface area contributed by atoms with Crippen molar-refractivity contribution < 1.29 is 9.18 Å². The van der Waals surface area contributed by atoms with E-state index in [1.807, 2.05) is 25.1 Å². The Morgan fingerprint density at radius 1 is 1.14 bits per heavy atom. The van der Waals surface area contributed by atoms with Crippen LogP contribution in [0.15, 0.2) is 36.4 Å². The lowest BCUT2D eigenvalue weighted by Gasteiger charge is -2.09. The molecule has 0 saturated carbocycles. The molecule has 4 heteroatoms. The van der Waals surface area contributed by atoms with Crippen molar-refractivity contribution in [2.45, 2.75) is 26.7 Å². The average Bonchev–Trinajstić information content (AvgIpc) is 2.43. The third-order valence-electron chi connectivity index (χ3n) is 3.34. The van der Waals surface area contributed by atoms with Crippen molar-refractivity contribution >= 4 is 23.2 Å². The summed E-state index contributed by atoms with van der Waals surface area (Å²) in [6, 6.07) is 10.1. The molecular formula is C17H17ClFNO. The SMILES string of the molecule is Cc1ccc(CCC(=O)Nc2ccc(F)cc2C)cc1Cl. The summed E-state index contributed by atoms with van der Waals surface area (Å²) in [5, 5.41) is 3.51. The van der Waals surface area contributed by atoms with E-state index in [2.05, 4.69) is 5.32 Å². The second-order valence-electron chi connectivity index (χ2n) is 5.09. The third-order valence-corrected chi connectivity index (χ3v) is 3.75. The highest BCUT2D eigenvalue weighted by Crippen LogP contribution is 2.19. The second-order valence-corrected chi connectivity index (χ2v) is 5.50. The molecule has 0 aliphatic heterocycles. The van der Waals surface area contributed by atoms with Crippen LogP contribution in [0.1, 0.15) is 23.1 Å². The van der Waals surface area contributed by atoms with Crippen LogP contribution >= 0.6 is 11.6 Å². The Labute approximate surface area is 128 Å². The molecule has 1 amide bonds. The highest BCUT2D eigenvalue weighted by Gasteiger charge is 2.07. The molecule has 0 aliphatic carbocycles. The fraction of sp³-hybridized carbons (Fsp3) is 0.235. The first-order valence-corrected chi connectivity index (χ1v) is 7.14. The standard InChI is InChI=1S/C17H17ClFNO/c1-11-3-4-13(10-15(11)18)5-8-17(21)20-16-7-6-14(19)9-12(16)2/h3-4,6-7,9-10H,5,8H2,1-2H3,(H,20,21). The maximum absolute atomic E-state index is 13.0. The maximum Gasteiger partial charge on any atom is 0.224 e. The summed E-state index contributed by atoms with van der Waals surface area (Å²) in [5.74, 6) is -0.402. The topological polar surface area (TPSA) is 29.1 Å². The first-order chi connectivity index (χ1) is 9.95. The molecule has 0 aliphatic rings. The number of carbonyl (C=O) groups excluding carboxylic acids is 1. The van der Waals surface area contributed by atoms with Crippen LogP contribution < -0.4 is 5.32 Å². The van der Waals surface area contributed by atoms with Crippen molar-refractivity contribution in [3.05, 3.63) is 63.9 Å². The molecule has 2 aromatic rings. The monoisotopic (exact) mass is 305 g/mol. The first-order valence-electron chi connectivity index (χ1n) is 6.77. The van der Waals surface area contributed by atoms with E-state index in [4.69, 9.17) is 11.6 Å². The number of benzene rings is 2. The van der Waals surface area contributed by atoms with E-state index < -0.39 is 0 Å². The Morgan fingerprint density at radius 2 is 1.90 bits per heavy atom. The lowest BCUT2D eigenvalue weighted by Crippen LogP contribution is -2.13. The van der Waals surface area contributed by atoms with Gasteiger partial charge >= 0.3 is 0 Å². The van der Waals surface area contributed by atoms with Gasteiger partial charge in [-0.3, -0.25) is 4.79 Å². The number of hydrogen-bond acceptors (Lipinski definition) is 1. The van der Waals surface area contributed by atoms with E-state index in [1.54, 1.807) is 13.0 Å². The lowest BCUT2D eigenvalue weighted by atomic mass is 10.1. The molecule has 0 aromatic heterocycles. The van der Waals surface area contributed by atoms with Crippen LogP contribution in [-0.4, -0.2) is 5.91 Å². The minimum absolute atomic E-state index is 0.0959. The second kappa shape index (κ2) is 6.72. The normalized spacial score (nSPS) is 10.5. The third kappa shape index (κ3) is 4.30. The zero-order valence-electron chi connectivity index (χ0n) is 12.0. The van der Waals surface area contributed by atoms with Gasteiger partial charge in [0.25, 0.3) is 0 Å². The quantitative estimate of drug-likeness (QED) is 0.874. The summed E-state index contributed by atoms with van der Waals surface area (Å²) in [5.41, 5.74) is 3.40. The molecule has 0 saturated heterocycles. The Balaban J connectivity index is 1.94. The van der Waals surface area contributed by atoms with Crippen molar-refractivity contribution in [2.24, 2.45) is 0 Å². The molecule has 0 atom stereocenters. The highest BCUT2D eigenvalue weighted by molar-refractivity contribution is 6.31. The van der Waals surface area contributed by atoms with Crippen LogP contribution in [0.3, 0.4) is 0 Å². The summed E-state index contributed by atoms with van der Waals surface area (Å²) >= 11 is 6.06. The van der Waals surface area contributed by atoms with Crippen molar-refractivity contribution in [3.8, 4) is 0 Å². The number of anilines is 1. The number of carbonyl (C=O) groups is 1. The van der Waals surface area contributed by atoms with Gasteiger partial charge in [0.05, 0.1) is 0 Å². The molecule has 2 nitrogen and oxygen atoms in total. The van der Waals surface area contributed by atoms with E-state index in [0.717, 1.165) is 11.1 Å². The minimum atomic E-state index is -0.306. The minimum Gasteiger partial charge on any atom is -0.326 e. The fourth-order valence-corrected chi connectivity index (χ4v) is 2.23. The van der Waals surface area contributed by atoms with Gasteiger partial charge in [-0.05, 0) is 61.2 Å². The van der Waals surface area contributed by atoms with E-state index in [1.165, 1.54) is 12.1 Å². The molecule has 2 aromatic carbocycles. The van der Waals surface area contributed by atoms with Crippen LogP contribution in [0.4, 0.5) is 10.1 Å². The van der Waals surface area contributed by atoms with Gasteiger partial charge in [0.1, 0.15) is 5.82 Å². The zero-order valence-corrected chi connectivity index (χ0v) is 12.8. The number of halogens is 2. The van der Waals surface area contributed by atoms with E-state index in [-0.39, 0.29) is 11.7 Å². The predicted octanol–water partition coefficient (Wildman–Crippen LogP) is 4.67. The van der Waals surface area contributed by atoms with Crippen molar-refractivity contribution in [1.29, 1.82) is 0 Å². The van der Waals surface area contributed by atoms with Gasteiger partial charge in [0.15, 0.2) is 0 Å². The van der Waals surface area contributed by atoms with Crippen LogP contribution in [-0.2, 0) is 11.2 Å². The molecule has 2 rings (SSSR count). The summed E-state index contributed by atoms with van der Waals surface area (Å²) in [6.07, 6.45) is 0.974. The smallest absolute Gasteiger partial charge is 0.224 e. The molecule has 1 N–H and O–H groups in total. The number of hydrogen-bond donors (Lipinski definition) is 1. The van der Waals surface area contributed by atoms with Crippen molar-refractivity contribution in [2.75, 3.05) is 5.32 Å². The lowest BCUT2D eigenvalue weighted by molar-refractivity contribution is -0.116. The Morgan fingerprint density at radius 3 is 2.57 bits per heavy atom. The van der Waals surface area contributed by atoms with Gasteiger partial charge in [-0.1, -0.05) is 23.7 Å². The first kappa shape index (κ1) is 15.5. The zero-order chi connectivity index (χ0) is 15.4. The van der Waals surface area contributed by atoms with Crippen LogP contribution in [0, 0.1) is 19.7 Å². The van der Waals surface area contributed by atoms with Gasteiger partial charge in [-0.15, -0.1) is 0 Å². The van der Waals surface area contributed by atoms with Gasteiger partial charge in [-0.25, -0.2) is 4.39 Å². The summed E-state index contributed by atoms with van der Waals surface area (Å²) in [7, 11) is 0. The number of nitrogens with one attached hydrogen (secondary N) is 1. The summed E-state index contributed by atoms with van der Waals surface area (Å²) in [6.45, 7) is 3.70. The Kier molecular flexibility index (Phi) is 4.97. The molecule has 0 fully saturated rings. The Bertz CT molecular complexity index is 670. The molecule has 0 heterocycles. The predicted molar refractivity (Wildman–Crippen MR) is 84.3 cm³/mol. The summed E-state index contributed by atoms with van der Waals surface area (Å²) in [4.78, 5) is 11.9. The van der Waals surface area contributed by atoms with E-state index in [0.29, 0.717) is 29.1 Å². The van der Waals surface area contributed by atoms with Crippen LogP contribution in [0.2, 0.25) is 5.02 Å². The molecule has 0 unspecified atom stereocenters. The van der Waals surface area contributed by atoms with Gasteiger partial charge in [-0.2, -0.15) is 0 Å². The highest BCUT2D eigenvalue weighted by atomic mass is 35.5. The molecule has 0 spiro atoms. The van der Waals surface area contributed by atoms with Crippen molar-refractivity contribution in [1.82, 2.24) is 0 Å². The molecule has 0 bridgehead atoms. The molecular weight excluding hydrogens is 289 g/mol. The summed E-state index contributed by atoms with van der Waals surface area (Å²) < 4.78 is 13.0. The number of aryl methyl sites for hydroxylation is 3. The molecule has 0 radical (unpaired) electrons. The van der Waals surface area contributed by atoms with E-state index >= 15 is 0 Å². The number of amides is 1. The average molecular weight is 306 g/mol. The number of rotatable bonds is 4. The largest absolute Gasteiger partial charge is 0.326 e. The van der Waals surface area contributed by atoms with Crippen LogP contribution in [0.25, 0.3) is 0 Å². The molecule has 21 heavy (non-hydrogen) atoms. The van der Waals surface area contributed by atoms with Crippen molar-refractivity contribution in [3.63, 3.8) is 0 Å². The van der Waals surface area contributed by atoms with Gasteiger partial charge < -0.3 is 5.32 Å². The van der Waals surface area contributed by atoms with Gasteiger partial charge in [0.2, 0.25) is 5.91 Å². The molecule has 110 valence electrons.